The summed E-state index contributed by atoms with van der Waals surface area (Å²) in [6.07, 6.45) is 2.45. The number of ether oxygens (including phenoxy) is 1. The van der Waals surface area contributed by atoms with Gasteiger partial charge >= 0.3 is 0 Å². The second kappa shape index (κ2) is 8.23. The average Bonchev–Trinajstić information content (AvgIpc) is 3.16. The number of rotatable bonds is 4. The van der Waals surface area contributed by atoms with E-state index in [1.54, 1.807) is 11.3 Å². The number of fused-ring (bicyclic) bond motifs is 1. The molecule has 5 nitrogen and oxygen atoms in total. The van der Waals surface area contributed by atoms with Crippen LogP contribution in [0.25, 0.3) is 0 Å². The van der Waals surface area contributed by atoms with Crippen LogP contribution in [0, 0.1) is 5.92 Å². The minimum absolute atomic E-state index is 0.0119. The lowest BCUT2D eigenvalue weighted by atomic mass is 9.87. The van der Waals surface area contributed by atoms with Crippen molar-refractivity contribution in [2.24, 2.45) is 5.92 Å². The molecule has 1 fully saturated rings. The molecule has 2 amide bonds. The molecule has 6 heteroatoms. The SMILES string of the molecule is O=C(NCc1ccccc1)[C@H]1CCc2sc(C(=O)N3CCOCC3)cc2C1. The Morgan fingerprint density at radius 1 is 1.19 bits per heavy atom. The predicted octanol–water partition coefficient (Wildman–Crippen LogP) is 2.64. The Morgan fingerprint density at radius 2 is 1.96 bits per heavy atom. The van der Waals surface area contributed by atoms with Crippen molar-refractivity contribution in [3.8, 4) is 0 Å². The van der Waals surface area contributed by atoms with Gasteiger partial charge in [0.05, 0.1) is 18.1 Å². The Hall–Kier alpha value is -2.18. The minimum atomic E-state index is -0.0119. The van der Waals surface area contributed by atoms with Crippen molar-refractivity contribution in [1.29, 1.82) is 0 Å². The highest BCUT2D eigenvalue weighted by atomic mass is 32.1. The zero-order valence-corrected chi connectivity index (χ0v) is 16.1. The van der Waals surface area contributed by atoms with E-state index in [0.717, 1.165) is 29.7 Å². The molecular weight excluding hydrogens is 360 g/mol. The number of thiophene rings is 1. The number of hydrogen-bond acceptors (Lipinski definition) is 4. The highest BCUT2D eigenvalue weighted by molar-refractivity contribution is 7.14. The third-order valence-electron chi connectivity index (χ3n) is 5.27. The quantitative estimate of drug-likeness (QED) is 0.882. The molecule has 2 aromatic rings. The smallest absolute Gasteiger partial charge is 0.264 e. The zero-order chi connectivity index (χ0) is 18.6. The molecule has 0 unspecified atom stereocenters. The van der Waals surface area contributed by atoms with Crippen LogP contribution in [0.5, 0.6) is 0 Å². The molecule has 1 aromatic heterocycles. The van der Waals surface area contributed by atoms with Gasteiger partial charge in [-0.3, -0.25) is 9.59 Å². The van der Waals surface area contributed by atoms with Gasteiger partial charge in [0, 0.05) is 30.4 Å². The summed E-state index contributed by atoms with van der Waals surface area (Å²) in [5.74, 6) is 0.196. The van der Waals surface area contributed by atoms with Gasteiger partial charge in [-0.2, -0.15) is 0 Å². The van der Waals surface area contributed by atoms with E-state index < -0.39 is 0 Å². The number of morpholine rings is 1. The van der Waals surface area contributed by atoms with Crippen molar-refractivity contribution in [2.75, 3.05) is 26.3 Å². The second-order valence-corrected chi connectivity index (χ2v) is 8.24. The Morgan fingerprint density at radius 3 is 2.74 bits per heavy atom. The van der Waals surface area contributed by atoms with E-state index in [1.807, 2.05) is 41.3 Å². The van der Waals surface area contributed by atoms with Gasteiger partial charge < -0.3 is 15.0 Å². The maximum absolute atomic E-state index is 12.7. The molecule has 1 saturated heterocycles. The summed E-state index contributed by atoms with van der Waals surface area (Å²) in [6, 6.07) is 12.0. The molecule has 1 aliphatic heterocycles. The average molecular weight is 385 g/mol. The van der Waals surface area contributed by atoms with Crippen molar-refractivity contribution in [3.63, 3.8) is 0 Å². The Labute approximate surface area is 163 Å². The number of hydrogen-bond donors (Lipinski definition) is 1. The number of carbonyl (C=O) groups excluding carboxylic acids is 2. The number of nitrogens with one attached hydrogen (secondary N) is 1. The first-order chi connectivity index (χ1) is 13.2. The van der Waals surface area contributed by atoms with Gasteiger partial charge in [0.2, 0.25) is 5.91 Å². The molecule has 1 atom stereocenters. The lowest BCUT2D eigenvalue weighted by molar-refractivity contribution is -0.125. The van der Waals surface area contributed by atoms with Crippen LogP contribution >= 0.6 is 11.3 Å². The minimum Gasteiger partial charge on any atom is -0.378 e. The number of amides is 2. The molecule has 0 radical (unpaired) electrons. The van der Waals surface area contributed by atoms with E-state index in [2.05, 4.69) is 5.32 Å². The normalized spacial score (nSPS) is 19.4. The third kappa shape index (κ3) is 4.22. The maximum Gasteiger partial charge on any atom is 0.264 e. The van der Waals surface area contributed by atoms with Crippen LogP contribution in [-0.2, 0) is 28.9 Å². The standard InChI is InChI=1S/C21H24N2O3S/c24-20(22-14-15-4-2-1-3-5-15)16-6-7-18-17(12-16)13-19(27-18)21(25)23-8-10-26-11-9-23/h1-5,13,16H,6-12,14H2,(H,22,24)/t16-/m0/s1. The van der Waals surface area contributed by atoms with Crippen LogP contribution in [0.4, 0.5) is 0 Å². The summed E-state index contributed by atoms with van der Waals surface area (Å²) >= 11 is 1.60. The van der Waals surface area contributed by atoms with Crippen LogP contribution in [-0.4, -0.2) is 43.0 Å². The van der Waals surface area contributed by atoms with Crippen LogP contribution in [0.1, 0.15) is 32.1 Å². The van der Waals surface area contributed by atoms with Crippen molar-refractivity contribution in [2.45, 2.75) is 25.8 Å². The summed E-state index contributed by atoms with van der Waals surface area (Å²) < 4.78 is 5.33. The summed E-state index contributed by atoms with van der Waals surface area (Å²) in [6.45, 7) is 3.10. The van der Waals surface area contributed by atoms with Crippen LogP contribution in [0.3, 0.4) is 0 Å². The lowest BCUT2D eigenvalue weighted by Gasteiger charge is -2.26. The van der Waals surface area contributed by atoms with Gasteiger partial charge in [-0.15, -0.1) is 11.3 Å². The van der Waals surface area contributed by atoms with Crippen molar-refractivity contribution in [3.05, 3.63) is 57.3 Å². The first-order valence-electron chi connectivity index (χ1n) is 9.51. The number of nitrogens with zero attached hydrogens (tertiary/aromatic N) is 1. The van der Waals surface area contributed by atoms with Crippen molar-refractivity contribution in [1.82, 2.24) is 10.2 Å². The molecule has 2 heterocycles. The van der Waals surface area contributed by atoms with E-state index in [9.17, 15) is 9.59 Å². The Kier molecular flexibility index (Phi) is 5.55. The van der Waals surface area contributed by atoms with Gasteiger partial charge in [0.25, 0.3) is 5.91 Å². The van der Waals surface area contributed by atoms with Crippen LogP contribution in [0.15, 0.2) is 36.4 Å². The fourth-order valence-electron chi connectivity index (χ4n) is 3.70. The van der Waals surface area contributed by atoms with Crippen LogP contribution in [0.2, 0.25) is 0 Å². The van der Waals surface area contributed by atoms with Gasteiger partial charge in [-0.05, 0) is 36.5 Å². The zero-order valence-electron chi connectivity index (χ0n) is 15.3. The highest BCUT2D eigenvalue weighted by Crippen LogP contribution is 2.33. The van der Waals surface area contributed by atoms with Gasteiger partial charge in [-0.1, -0.05) is 30.3 Å². The summed E-state index contributed by atoms with van der Waals surface area (Å²) in [5, 5.41) is 3.06. The molecule has 1 N–H and O–H groups in total. The molecule has 0 saturated carbocycles. The Balaban J connectivity index is 1.37. The fourth-order valence-corrected chi connectivity index (χ4v) is 4.88. The molecule has 142 valence electrons. The van der Waals surface area contributed by atoms with E-state index in [0.29, 0.717) is 32.8 Å². The number of benzene rings is 1. The van der Waals surface area contributed by atoms with Crippen molar-refractivity contribution >= 4 is 23.2 Å². The molecule has 4 rings (SSSR count). The molecule has 27 heavy (non-hydrogen) atoms. The number of carbonyl (C=O) groups is 2. The topological polar surface area (TPSA) is 58.6 Å². The third-order valence-corrected chi connectivity index (χ3v) is 6.50. The first kappa shape index (κ1) is 18.2. The van der Waals surface area contributed by atoms with Gasteiger partial charge in [0.1, 0.15) is 0 Å². The van der Waals surface area contributed by atoms with Gasteiger partial charge in [0.15, 0.2) is 0 Å². The van der Waals surface area contributed by atoms with E-state index in [-0.39, 0.29) is 17.7 Å². The second-order valence-electron chi connectivity index (χ2n) is 7.11. The molecule has 2 aliphatic rings. The summed E-state index contributed by atoms with van der Waals surface area (Å²) in [7, 11) is 0. The predicted molar refractivity (Wildman–Crippen MR) is 105 cm³/mol. The molecule has 0 spiro atoms. The maximum atomic E-state index is 12.7. The lowest BCUT2D eigenvalue weighted by Crippen LogP contribution is -2.40. The van der Waals surface area contributed by atoms with E-state index in [1.165, 1.54) is 10.4 Å². The summed E-state index contributed by atoms with van der Waals surface area (Å²) in [4.78, 5) is 29.2. The summed E-state index contributed by atoms with van der Waals surface area (Å²) in [5.41, 5.74) is 2.28. The molecule has 1 aliphatic carbocycles. The molecule has 0 bridgehead atoms. The van der Waals surface area contributed by atoms with Crippen LogP contribution < -0.4 is 5.32 Å². The Bertz CT molecular complexity index is 812. The number of aryl methyl sites for hydroxylation is 1. The first-order valence-corrected chi connectivity index (χ1v) is 10.3. The molecular formula is C21H24N2O3S. The fraction of sp³-hybridized carbons (Fsp3) is 0.429. The van der Waals surface area contributed by atoms with Crippen molar-refractivity contribution < 1.29 is 14.3 Å². The largest absolute Gasteiger partial charge is 0.378 e. The highest BCUT2D eigenvalue weighted by Gasteiger charge is 2.28. The van der Waals surface area contributed by atoms with E-state index >= 15 is 0 Å². The van der Waals surface area contributed by atoms with E-state index in [4.69, 9.17) is 4.74 Å². The van der Waals surface area contributed by atoms with Gasteiger partial charge in [-0.25, -0.2) is 0 Å². The molecule has 1 aromatic carbocycles. The monoisotopic (exact) mass is 384 g/mol.